The molecule has 19 heavy (non-hydrogen) atoms. The number of nitrogens with one attached hydrogen (secondary N) is 2. The third kappa shape index (κ3) is 5.46. The van der Waals surface area contributed by atoms with E-state index in [-0.39, 0.29) is 0 Å². The Hall–Kier alpha value is -1.97. The van der Waals surface area contributed by atoms with Crippen LogP contribution in [0.2, 0.25) is 0 Å². The average Bonchev–Trinajstić information content (AvgIpc) is 2.45. The normalized spacial score (nSPS) is 10.7. The molecule has 2 N–H and O–H groups in total. The number of nitriles is 1. The maximum Gasteiger partial charge on any atom is 0.187 e. The molecule has 1 rings (SSSR count). The van der Waals surface area contributed by atoms with Crippen molar-refractivity contribution in [1.82, 2.24) is 10.7 Å². The van der Waals surface area contributed by atoms with Crippen molar-refractivity contribution in [1.29, 1.82) is 5.26 Å². The van der Waals surface area contributed by atoms with E-state index in [1.165, 1.54) is 0 Å². The number of hydrazone groups is 1. The minimum Gasteiger partial charge on any atom is -0.383 e. The summed E-state index contributed by atoms with van der Waals surface area (Å²) >= 11 is 5.05. The zero-order valence-corrected chi connectivity index (χ0v) is 11.8. The minimum atomic E-state index is 0.449. The van der Waals surface area contributed by atoms with Gasteiger partial charge in [0.05, 0.1) is 24.0 Å². The predicted molar refractivity (Wildman–Crippen MR) is 79.0 cm³/mol. The molecule has 0 heterocycles. The number of hydrogen-bond acceptors (Lipinski definition) is 4. The average molecular weight is 276 g/mol. The van der Waals surface area contributed by atoms with Crippen LogP contribution in [0.25, 0.3) is 0 Å². The Labute approximate surface area is 118 Å². The summed E-state index contributed by atoms with van der Waals surface area (Å²) in [5, 5.41) is 16.3. The van der Waals surface area contributed by atoms with Gasteiger partial charge in [-0.2, -0.15) is 10.4 Å². The SMILES string of the molecule is COCCNC(=S)NN=C(C)c1ccc(C#N)cc1. The second kappa shape index (κ2) is 8.19. The second-order valence-corrected chi connectivity index (χ2v) is 4.16. The highest BCUT2D eigenvalue weighted by Crippen LogP contribution is 2.04. The van der Waals surface area contributed by atoms with E-state index in [1.54, 1.807) is 19.2 Å². The third-order valence-corrected chi connectivity index (χ3v) is 2.58. The van der Waals surface area contributed by atoms with Gasteiger partial charge in [-0.1, -0.05) is 12.1 Å². The number of hydrogen-bond donors (Lipinski definition) is 2. The molecular weight excluding hydrogens is 260 g/mol. The lowest BCUT2D eigenvalue weighted by Crippen LogP contribution is -2.34. The minimum absolute atomic E-state index is 0.449. The van der Waals surface area contributed by atoms with Gasteiger partial charge in [0.15, 0.2) is 5.11 Å². The molecule has 1 aromatic carbocycles. The summed E-state index contributed by atoms with van der Waals surface area (Å²) < 4.78 is 4.90. The van der Waals surface area contributed by atoms with Gasteiger partial charge in [0.25, 0.3) is 0 Å². The van der Waals surface area contributed by atoms with E-state index in [1.807, 2.05) is 19.1 Å². The van der Waals surface area contributed by atoms with E-state index in [0.29, 0.717) is 23.8 Å². The van der Waals surface area contributed by atoms with Gasteiger partial charge in [0.1, 0.15) is 0 Å². The highest BCUT2D eigenvalue weighted by Gasteiger charge is 1.98. The zero-order chi connectivity index (χ0) is 14.1. The monoisotopic (exact) mass is 276 g/mol. The Bertz CT molecular complexity index is 490. The van der Waals surface area contributed by atoms with Crippen molar-refractivity contribution in [2.45, 2.75) is 6.92 Å². The molecule has 5 nitrogen and oxygen atoms in total. The van der Waals surface area contributed by atoms with Crippen LogP contribution in [-0.2, 0) is 4.74 Å². The summed E-state index contributed by atoms with van der Waals surface area (Å²) in [4.78, 5) is 0. The molecule has 0 bridgehead atoms. The molecular formula is C13H16N4OS. The Morgan fingerprint density at radius 2 is 2.11 bits per heavy atom. The lowest BCUT2D eigenvalue weighted by molar-refractivity contribution is 0.204. The second-order valence-electron chi connectivity index (χ2n) is 3.75. The summed E-state index contributed by atoms with van der Waals surface area (Å²) in [6.07, 6.45) is 0. The van der Waals surface area contributed by atoms with Crippen LogP contribution in [0.15, 0.2) is 29.4 Å². The van der Waals surface area contributed by atoms with Gasteiger partial charge in [-0.3, -0.25) is 5.43 Å². The number of thiocarbonyl (C=S) groups is 1. The van der Waals surface area contributed by atoms with Crippen molar-refractivity contribution in [3.8, 4) is 6.07 Å². The molecule has 0 fully saturated rings. The van der Waals surface area contributed by atoms with Crippen molar-refractivity contribution >= 4 is 23.0 Å². The Morgan fingerprint density at radius 1 is 1.42 bits per heavy atom. The zero-order valence-electron chi connectivity index (χ0n) is 10.9. The van der Waals surface area contributed by atoms with Crippen LogP contribution in [0.5, 0.6) is 0 Å². The Kier molecular flexibility index (Phi) is 6.50. The molecule has 0 aliphatic carbocycles. The van der Waals surface area contributed by atoms with E-state index in [2.05, 4.69) is 21.9 Å². The van der Waals surface area contributed by atoms with Gasteiger partial charge in [-0.15, -0.1) is 0 Å². The molecule has 0 amide bonds. The molecule has 0 saturated heterocycles. The topological polar surface area (TPSA) is 69.4 Å². The number of benzene rings is 1. The molecule has 0 spiro atoms. The molecule has 1 aromatic rings. The quantitative estimate of drug-likeness (QED) is 0.368. The number of ether oxygens (including phenoxy) is 1. The molecule has 0 radical (unpaired) electrons. The maximum atomic E-state index is 8.72. The van der Waals surface area contributed by atoms with Gasteiger partial charge in [0.2, 0.25) is 0 Å². The Morgan fingerprint density at radius 3 is 2.68 bits per heavy atom. The predicted octanol–water partition coefficient (Wildman–Crippen LogP) is 1.39. The lowest BCUT2D eigenvalue weighted by Gasteiger charge is -2.07. The van der Waals surface area contributed by atoms with E-state index in [9.17, 15) is 0 Å². The van der Waals surface area contributed by atoms with E-state index in [4.69, 9.17) is 22.2 Å². The maximum absolute atomic E-state index is 8.72. The van der Waals surface area contributed by atoms with Crippen LogP contribution < -0.4 is 10.7 Å². The van der Waals surface area contributed by atoms with E-state index >= 15 is 0 Å². The lowest BCUT2D eigenvalue weighted by atomic mass is 10.1. The van der Waals surface area contributed by atoms with Gasteiger partial charge >= 0.3 is 0 Å². The summed E-state index contributed by atoms with van der Waals surface area (Å²) in [7, 11) is 1.63. The molecule has 0 aromatic heterocycles. The number of nitrogens with zero attached hydrogens (tertiary/aromatic N) is 2. The first kappa shape index (κ1) is 15.1. The molecule has 0 unspecified atom stereocenters. The molecule has 0 aliphatic heterocycles. The summed E-state index contributed by atoms with van der Waals surface area (Å²) in [6, 6.07) is 9.28. The van der Waals surface area contributed by atoms with Crippen molar-refractivity contribution < 1.29 is 4.74 Å². The first-order valence-electron chi connectivity index (χ1n) is 5.75. The third-order valence-electron chi connectivity index (χ3n) is 2.35. The van der Waals surface area contributed by atoms with Gasteiger partial charge < -0.3 is 10.1 Å². The molecule has 0 atom stereocenters. The largest absolute Gasteiger partial charge is 0.383 e. The highest BCUT2D eigenvalue weighted by atomic mass is 32.1. The molecule has 0 aliphatic rings. The fraction of sp³-hybridized carbons (Fsp3) is 0.308. The van der Waals surface area contributed by atoms with Crippen molar-refractivity contribution in [3.63, 3.8) is 0 Å². The number of rotatable bonds is 5. The van der Waals surface area contributed by atoms with Gasteiger partial charge in [-0.25, -0.2) is 0 Å². The smallest absolute Gasteiger partial charge is 0.187 e. The molecule has 0 saturated carbocycles. The molecule has 6 heteroatoms. The van der Waals surface area contributed by atoms with E-state index in [0.717, 1.165) is 11.3 Å². The number of methoxy groups -OCH3 is 1. The van der Waals surface area contributed by atoms with Crippen LogP contribution in [0.1, 0.15) is 18.1 Å². The van der Waals surface area contributed by atoms with Crippen LogP contribution >= 0.6 is 12.2 Å². The van der Waals surface area contributed by atoms with Crippen LogP contribution in [0, 0.1) is 11.3 Å². The summed E-state index contributed by atoms with van der Waals surface area (Å²) in [6.45, 7) is 3.08. The van der Waals surface area contributed by atoms with Gasteiger partial charge in [-0.05, 0) is 36.8 Å². The van der Waals surface area contributed by atoms with Crippen LogP contribution in [0.3, 0.4) is 0 Å². The highest BCUT2D eigenvalue weighted by molar-refractivity contribution is 7.80. The van der Waals surface area contributed by atoms with Crippen LogP contribution in [-0.4, -0.2) is 31.1 Å². The fourth-order valence-corrected chi connectivity index (χ4v) is 1.44. The molecule has 100 valence electrons. The first-order chi connectivity index (χ1) is 9.17. The van der Waals surface area contributed by atoms with Gasteiger partial charge in [0, 0.05) is 13.7 Å². The van der Waals surface area contributed by atoms with Crippen molar-refractivity contribution in [2.75, 3.05) is 20.3 Å². The Balaban J connectivity index is 2.52. The van der Waals surface area contributed by atoms with Crippen molar-refractivity contribution in [3.05, 3.63) is 35.4 Å². The summed E-state index contributed by atoms with van der Waals surface area (Å²) in [5.74, 6) is 0. The van der Waals surface area contributed by atoms with Crippen molar-refractivity contribution in [2.24, 2.45) is 5.10 Å². The van der Waals surface area contributed by atoms with E-state index < -0.39 is 0 Å². The first-order valence-corrected chi connectivity index (χ1v) is 6.16. The summed E-state index contributed by atoms with van der Waals surface area (Å²) in [5.41, 5.74) is 5.11. The standard InChI is InChI=1S/C13H16N4OS/c1-10(12-5-3-11(9-14)4-6-12)16-17-13(19)15-7-8-18-2/h3-6H,7-8H2,1-2H3,(H2,15,17,19). The van der Waals surface area contributed by atoms with Crippen LogP contribution in [0.4, 0.5) is 0 Å². The fourth-order valence-electron chi connectivity index (χ4n) is 1.29.